The SMILES string of the molecule is CC(=O)CCN1CCC2(CC1)CN(C(=O)c1ccc(N=O)cc1)c1ccccc12. The fourth-order valence-electron chi connectivity index (χ4n) is 4.58. The standard InChI is InChI=1S/C23H25N3O3/c1-17(27)10-13-25-14-11-23(12-15-25)16-26(21-5-3-2-4-20(21)23)22(28)18-6-8-19(24-29)9-7-18/h2-9H,10-16H2,1H3. The molecule has 2 aromatic rings. The molecule has 2 aliphatic rings. The molecule has 6 heteroatoms. The van der Waals surface area contributed by atoms with Crippen molar-refractivity contribution in [2.45, 2.75) is 31.6 Å². The topological polar surface area (TPSA) is 70.1 Å². The van der Waals surface area contributed by atoms with E-state index >= 15 is 0 Å². The fraction of sp³-hybridized carbons (Fsp3) is 0.391. The van der Waals surface area contributed by atoms with Crippen LogP contribution in [0.5, 0.6) is 0 Å². The fourth-order valence-corrected chi connectivity index (χ4v) is 4.58. The Morgan fingerprint density at radius 1 is 1.03 bits per heavy atom. The summed E-state index contributed by atoms with van der Waals surface area (Å²) >= 11 is 0. The van der Waals surface area contributed by atoms with Gasteiger partial charge in [0.2, 0.25) is 0 Å². The van der Waals surface area contributed by atoms with Crippen LogP contribution < -0.4 is 4.90 Å². The second-order valence-corrected chi connectivity index (χ2v) is 8.12. The van der Waals surface area contributed by atoms with Crippen molar-refractivity contribution in [1.29, 1.82) is 0 Å². The summed E-state index contributed by atoms with van der Waals surface area (Å²) in [5, 5.41) is 2.91. The molecule has 0 aliphatic carbocycles. The maximum absolute atomic E-state index is 13.2. The average Bonchev–Trinajstić information content (AvgIpc) is 3.07. The molecule has 1 spiro atoms. The molecule has 0 N–H and O–H groups in total. The van der Waals surface area contributed by atoms with Gasteiger partial charge in [-0.3, -0.25) is 9.59 Å². The Labute approximate surface area is 170 Å². The van der Waals surface area contributed by atoms with Crippen LogP contribution in [0, 0.1) is 4.91 Å². The third kappa shape index (κ3) is 3.72. The highest BCUT2D eigenvalue weighted by molar-refractivity contribution is 6.07. The van der Waals surface area contributed by atoms with Gasteiger partial charge in [0, 0.05) is 36.2 Å². The minimum absolute atomic E-state index is 0.0384. The Kier molecular flexibility index (Phi) is 5.28. The van der Waals surface area contributed by atoms with Crippen molar-refractivity contribution < 1.29 is 9.59 Å². The van der Waals surface area contributed by atoms with Gasteiger partial charge in [-0.25, -0.2) is 0 Å². The molecule has 150 valence electrons. The molecule has 2 heterocycles. The maximum Gasteiger partial charge on any atom is 0.258 e. The van der Waals surface area contributed by atoms with Crippen LogP contribution in [0.3, 0.4) is 0 Å². The van der Waals surface area contributed by atoms with Gasteiger partial charge in [-0.1, -0.05) is 18.2 Å². The van der Waals surface area contributed by atoms with Gasteiger partial charge in [0.05, 0.1) is 0 Å². The lowest BCUT2D eigenvalue weighted by molar-refractivity contribution is -0.117. The van der Waals surface area contributed by atoms with Crippen LogP contribution in [0.4, 0.5) is 11.4 Å². The second kappa shape index (κ2) is 7.87. The van der Waals surface area contributed by atoms with E-state index in [1.807, 2.05) is 23.1 Å². The molecule has 1 fully saturated rings. The Morgan fingerprint density at radius 3 is 2.38 bits per heavy atom. The Hall–Kier alpha value is -2.86. The molecule has 0 atom stereocenters. The van der Waals surface area contributed by atoms with E-state index in [1.54, 1.807) is 31.2 Å². The Balaban J connectivity index is 1.55. The molecule has 0 saturated carbocycles. The third-order valence-corrected chi connectivity index (χ3v) is 6.29. The van der Waals surface area contributed by atoms with Crippen molar-refractivity contribution in [2.75, 3.05) is 31.1 Å². The molecule has 0 radical (unpaired) electrons. The summed E-state index contributed by atoms with van der Waals surface area (Å²) in [6.45, 7) is 4.98. The predicted octanol–water partition coefficient (Wildman–Crippen LogP) is 4.06. The summed E-state index contributed by atoms with van der Waals surface area (Å²) in [5.41, 5.74) is 3.06. The largest absolute Gasteiger partial charge is 0.307 e. The summed E-state index contributed by atoms with van der Waals surface area (Å²) in [7, 11) is 0. The monoisotopic (exact) mass is 391 g/mol. The van der Waals surface area contributed by atoms with E-state index in [4.69, 9.17) is 0 Å². The molecule has 0 aromatic heterocycles. The minimum Gasteiger partial charge on any atom is -0.307 e. The smallest absolute Gasteiger partial charge is 0.258 e. The van der Waals surface area contributed by atoms with Gasteiger partial charge in [0.25, 0.3) is 5.91 Å². The van der Waals surface area contributed by atoms with Crippen LogP contribution in [-0.2, 0) is 10.2 Å². The molecule has 6 nitrogen and oxygen atoms in total. The minimum atomic E-state index is -0.0502. The summed E-state index contributed by atoms with van der Waals surface area (Å²) in [4.78, 5) is 39.4. The van der Waals surface area contributed by atoms with E-state index in [0.29, 0.717) is 24.2 Å². The molecule has 4 rings (SSSR count). The number of carbonyl (C=O) groups excluding carboxylic acids is 2. The van der Waals surface area contributed by atoms with Gasteiger partial charge in [-0.05, 0) is 73.9 Å². The van der Waals surface area contributed by atoms with Crippen molar-refractivity contribution >= 4 is 23.1 Å². The van der Waals surface area contributed by atoms with Crippen molar-refractivity contribution in [1.82, 2.24) is 4.90 Å². The van der Waals surface area contributed by atoms with Crippen LogP contribution in [0.1, 0.15) is 42.1 Å². The lowest BCUT2D eigenvalue weighted by Crippen LogP contribution is -2.46. The molecular weight excluding hydrogens is 366 g/mol. The quantitative estimate of drug-likeness (QED) is 0.721. The zero-order valence-corrected chi connectivity index (χ0v) is 16.6. The van der Waals surface area contributed by atoms with Crippen LogP contribution in [-0.4, -0.2) is 42.8 Å². The molecular formula is C23H25N3O3. The first kappa shape index (κ1) is 19.5. The van der Waals surface area contributed by atoms with E-state index in [0.717, 1.165) is 38.2 Å². The first-order valence-electron chi connectivity index (χ1n) is 10.1. The molecule has 0 bridgehead atoms. The first-order valence-corrected chi connectivity index (χ1v) is 10.1. The lowest BCUT2D eigenvalue weighted by atomic mass is 9.74. The number of benzene rings is 2. The van der Waals surface area contributed by atoms with Gasteiger partial charge < -0.3 is 9.80 Å². The lowest BCUT2D eigenvalue weighted by Gasteiger charge is -2.39. The molecule has 0 unspecified atom stereocenters. The van der Waals surface area contributed by atoms with Crippen molar-refractivity contribution in [3.63, 3.8) is 0 Å². The highest BCUT2D eigenvalue weighted by Crippen LogP contribution is 2.47. The van der Waals surface area contributed by atoms with E-state index in [1.165, 1.54) is 5.56 Å². The number of amides is 1. The third-order valence-electron chi connectivity index (χ3n) is 6.29. The number of rotatable bonds is 5. The number of fused-ring (bicyclic) bond motifs is 2. The number of ketones is 1. The number of hydrogen-bond donors (Lipinski definition) is 0. The summed E-state index contributed by atoms with van der Waals surface area (Å²) in [6, 6.07) is 14.7. The molecule has 2 aromatic carbocycles. The predicted molar refractivity (Wildman–Crippen MR) is 113 cm³/mol. The Bertz CT molecular complexity index is 931. The number of nitrogens with zero attached hydrogens (tertiary/aromatic N) is 3. The van der Waals surface area contributed by atoms with Gasteiger partial charge in [-0.15, -0.1) is 4.91 Å². The maximum atomic E-state index is 13.2. The van der Waals surface area contributed by atoms with Crippen molar-refractivity contribution in [2.24, 2.45) is 5.18 Å². The van der Waals surface area contributed by atoms with Crippen LogP contribution in [0.2, 0.25) is 0 Å². The number of para-hydroxylation sites is 1. The number of nitroso groups, excluding NO2 is 1. The molecule has 29 heavy (non-hydrogen) atoms. The summed E-state index contributed by atoms with van der Waals surface area (Å²) in [6.07, 6.45) is 2.54. The van der Waals surface area contributed by atoms with Gasteiger partial charge in [0.1, 0.15) is 11.5 Å². The second-order valence-electron chi connectivity index (χ2n) is 8.12. The Morgan fingerprint density at radius 2 is 1.72 bits per heavy atom. The number of anilines is 1. The van der Waals surface area contributed by atoms with E-state index in [-0.39, 0.29) is 17.1 Å². The van der Waals surface area contributed by atoms with Gasteiger partial charge >= 0.3 is 0 Å². The highest BCUT2D eigenvalue weighted by Gasteiger charge is 2.46. The summed E-state index contributed by atoms with van der Waals surface area (Å²) < 4.78 is 0. The zero-order chi connectivity index (χ0) is 20.4. The van der Waals surface area contributed by atoms with Crippen LogP contribution in [0.25, 0.3) is 0 Å². The summed E-state index contributed by atoms with van der Waals surface area (Å²) in [5.74, 6) is 0.176. The van der Waals surface area contributed by atoms with E-state index in [2.05, 4.69) is 16.1 Å². The molecule has 1 amide bonds. The van der Waals surface area contributed by atoms with Crippen molar-refractivity contribution in [3.8, 4) is 0 Å². The van der Waals surface area contributed by atoms with Crippen LogP contribution >= 0.6 is 0 Å². The number of carbonyl (C=O) groups is 2. The number of piperidine rings is 1. The highest BCUT2D eigenvalue weighted by atomic mass is 16.3. The number of likely N-dealkylation sites (tertiary alicyclic amines) is 1. The van der Waals surface area contributed by atoms with Crippen LogP contribution in [0.15, 0.2) is 53.7 Å². The molecule has 1 saturated heterocycles. The van der Waals surface area contributed by atoms with Gasteiger partial charge in [-0.2, -0.15) is 0 Å². The normalized spacial score (nSPS) is 17.9. The van der Waals surface area contributed by atoms with E-state index < -0.39 is 0 Å². The molecule has 2 aliphatic heterocycles. The number of Topliss-reactive ketones (excluding diaryl/α,β-unsaturated/α-hetero) is 1. The first-order chi connectivity index (χ1) is 14.0. The van der Waals surface area contributed by atoms with Gasteiger partial charge in [0.15, 0.2) is 0 Å². The zero-order valence-electron chi connectivity index (χ0n) is 16.6. The average molecular weight is 391 g/mol. The number of hydrogen-bond acceptors (Lipinski definition) is 5. The van der Waals surface area contributed by atoms with E-state index in [9.17, 15) is 14.5 Å². The van der Waals surface area contributed by atoms with Crippen molar-refractivity contribution in [3.05, 3.63) is 64.6 Å².